The van der Waals surface area contributed by atoms with Crippen molar-refractivity contribution < 1.29 is 23.4 Å². The first kappa shape index (κ1) is 22.6. The molecule has 184 valence electrons. The van der Waals surface area contributed by atoms with Gasteiger partial charge in [-0.1, -0.05) is 11.6 Å². The van der Waals surface area contributed by atoms with Gasteiger partial charge in [0.2, 0.25) is 0 Å². The monoisotopic (exact) mass is 495 g/mol. The third-order valence-electron chi connectivity index (χ3n) is 7.86. The standard InChI is InChI=1S/C23H28ClF2N5O3/c24-19-17(26)18-16(9-27-19)20(30-5-2-4-23(12-30)8-15(32)11-34-23)29-21(28-18)33-13-22-3-1-6-31(22)10-14(25)7-22/h9,14-15,32H,1-8,10-13H2/t14-,15?,22+,23?/m1/s1. The lowest BCUT2D eigenvalue weighted by molar-refractivity contribution is -0.00876. The summed E-state index contributed by atoms with van der Waals surface area (Å²) < 4.78 is 41.2. The molecule has 4 fully saturated rings. The second-order valence-corrected chi connectivity index (χ2v) is 10.6. The average molecular weight is 496 g/mol. The number of ether oxygens (including phenoxy) is 2. The second kappa shape index (κ2) is 8.36. The Morgan fingerprint density at radius 2 is 2.09 bits per heavy atom. The highest BCUT2D eigenvalue weighted by molar-refractivity contribution is 6.30. The number of anilines is 1. The molecule has 6 rings (SSSR count). The van der Waals surface area contributed by atoms with Crippen LogP contribution in [0, 0.1) is 5.82 Å². The largest absolute Gasteiger partial charge is 0.461 e. The van der Waals surface area contributed by atoms with Gasteiger partial charge in [-0.25, -0.2) is 13.8 Å². The van der Waals surface area contributed by atoms with E-state index >= 15 is 4.39 Å². The number of fused-ring (bicyclic) bond motifs is 2. The molecule has 0 aromatic carbocycles. The molecule has 8 nitrogen and oxygen atoms in total. The van der Waals surface area contributed by atoms with Gasteiger partial charge in [0, 0.05) is 38.7 Å². The van der Waals surface area contributed by atoms with Gasteiger partial charge in [-0.2, -0.15) is 9.97 Å². The molecule has 4 saturated heterocycles. The molecule has 4 atom stereocenters. The van der Waals surface area contributed by atoms with Gasteiger partial charge in [0.05, 0.1) is 29.2 Å². The molecule has 2 unspecified atom stereocenters. The van der Waals surface area contributed by atoms with E-state index in [1.807, 2.05) is 4.90 Å². The van der Waals surface area contributed by atoms with Gasteiger partial charge < -0.3 is 19.5 Å². The normalized spacial score (nSPS) is 33.8. The molecule has 0 saturated carbocycles. The summed E-state index contributed by atoms with van der Waals surface area (Å²) in [6, 6.07) is 0.0409. The summed E-state index contributed by atoms with van der Waals surface area (Å²) in [6.45, 7) is 3.04. The van der Waals surface area contributed by atoms with Crippen molar-refractivity contribution >= 4 is 28.3 Å². The molecule has 0 radical (unpaired) electrons. The number of piperidine rings is 1. The summed E-state index contributed by atoms with van der Waals surface area (Å²) in [6.07, 6.45) is 4.63. The molecule has 0 aliphatic carbocycles. The zero-order valence-corrected chi connectivity index (χ0v) is 19.6. The first-order valence-corrected chi connectivity index (χ1v) is 12.3. The third kappa shape index (κ3) is 3.79. The van der Waals surface area contributed by atoms with Crippen molar-refractivity contribution in [3.05, 3.63) is 17.2 Å². The Balaban J connectivity index is 1.34. The van der Waals surface area contributed by atoms with Gasteiger partial charge in [0.1, 0.15) is 24.1 Å². The Kier molecular flexibility index (Phi) is 5.55. The first-order valence-electron chi connectivity index (χ1n) is 12.0. The minimum Gasteiger partial charge on any atom is -0.461 e. The molecule has 4 aliphatic rings. The minimum atomic E-state index is -0.870. The molecule has 1 spiro atoms. The smallest absolute Gasteiger partial charge is 0.319 e. The maximum atomic E-state index is 15.0. The number of nitrogens with zero attached hydrogens (tertiary/aromatic N) is 5. The Labute approximate surface area is 201 Å². The van der Waals surface area contributed by atoms with Crippen molar-refractivity contribution in [3.63, 3.8) is 0 Å². The molecule has 34 heavy (non-hydrogen) atoms. The van der Waals surface area contributed by atoms with Gasteiger partial charge in [0.25, 0.3) is 0 Å². The Morgan fingerprint density at radius 3 is 2.91 bits per heavy atom. The van der Waals surface area contributed by atoms with Crippen LogP contribution in [0.1, 0.15) is 38.5 Å². The zero-order valence-electron chi connectivity index (χ0n) is 18.9. The maximum absolute atomic E-state index is 15.0. The molecule has 0 bridgehead atoms. The van der Waals surface area contributed by atoms with Gasteiger partial charge in [0.15, 0.2) is 11.0 Å². The van der Waals surface area contributed by atoms with Crippen molar-refractivity contribution in [2.45, 2.75) is 61.9 Å². The molecule has 2 aromatic heterocycles. The molecule has 0 amide bonds. The lowest BCUT2D eigenvalue weighted by atomic mass is 9.89. The third-order valence-corrected chi connectivity index (χ3v) is 8.12. The topological polar surface area (TPSA) is 83.8 Å². The van der Waals surface area contributed by atoms with Crippen LogP contribution in [0.2, 0.25) is 5.15 Å². The quantitative estimate of drug-likeness (QED) is 0.648. The number of aliphatic hydroxyl groups excluding tert-OH is 1. The Hall–Kier alpha value is -1.88. The highest BCUT2D eigenvalue weighted by atomic mass is 35.5. The Bertz CT molecular complexity index is 1110. The van der Waals surface area contributed by atoms with Crippen LogP contribution in [0.5, 0.6) is 6.01 Å². The van der Waals surface area contributed by atoms with Crippen molar-refractivity contribution in [2.24, 2.45) is 0 Å². The van der Waals surface area contributed by atoms with Crippen molar-refractivity contribution in [2.75, 3.05) is 44.3 Å². The highest BCUT2D eigenvalue weighted by Crippen LogP contribution is 2.41. The molecule has 6 heterocycles. The molecular formula is C23H28ClF2N5O3. The SMILES string of the molecule is OC1COC2(CCCN(c3nc(OC[C@@]45CCCN4C[C@H](F)C5)nc4c(F)c(Cl)ncc34)C2)C1. The summed E-state index contributed by atoms with van der Waals surface area (Å²) in [5.41, 5.74) is -0.782. The minimum absolute atomic E-state index is 0.0409. The summed E-state index contributed by atoms with van der Waals surface area (Å²) in [4.78, 5) is 17.2. The van der Waals surface area contributed by atoms with E-state index in [0.717, 1.165) is 32.2 Å². The number of rotatable bonds is 4. The van der Waals surface area contributed by atoms with Crippen LogP contribution in [0.4, 0.5) is 14.6 Å². The first-order chi connectivity index (χ1) is 16.4. The number of hydrogen-bond acceptors (Lipinski definition) is 8. The molecule has 2 aromatic rings. The van der Waals surface area contributed by atoms with Gasteiger partial charge in [-0.15, -0.1) is 0 Å². The van der Waals surface area contributed by atoms with Crippen LogP contribution in [-0.2, 0) is 4.74 Å². The zero-order chi connectivity index (χ0) is 23.5. The van der Waals surface area contributed by atoms with Crippen LogP contribution in [-0.4, -0.2) is 87.8 Å². The van der Waals surface area contributed by atoms with Crippen LogP contribution in [0.3, 0.4) is 0 Å². The molecule has 11 heteroatoms. The number of aromatic nitrogens is 3. The van der Waals surface area contributed by atoms with Crippen LogP contribution >= 0.6 is 11.6 Å². The highest BCUT2D eigenvalue weighted by Gasteiger charge is 2.49. The second-order valence-electron chi connectivity index (χ2n) is 10.2. The molecule has 4 aliphatic heterocycles. The summed E-state index contributed by atoms with van der Waals surface area (Å²) in [7, 11) is 0. The fourth-order valence-electron chi connectivity index (χ4n) is 6.34. The summed E-state index contributed by atoms with van der Waals surface area (Å²) in [5, 5.41) is 10.2. The van der Waals surface area contributed by atoms with Gasteiger partial charge in [-0.05, 0) is 32.2 Å². The summed E-state index contributed by atoms with van der Waals surface area (Å²) >= 11 is 5.96. The fourth-order valence-corrected chi connectivity index (χ4v) is 6.47. The predicted octanol–water partition coefficient (Wildman–Crippen LogP) is 2.89. The van der Waals surface area contributed by atoms with E-state index < -0.39 is 23.7 Å². The van der Waals surface area contributed by atoms with E-state index in [1.54, 1.807) is 0 Å². The predicted molar refractivity (Wildman–Crippen MR) is 122 cm³/mol. The molecular weight excluding hydrogens is 468 g/mol. The number of halogens is 3. The van der Waals surface area contributed by atoms with E-state index in [2.05, 4.69) is 19.9 Å². The van der Waals surface area contributed by atoms with Crippen LogP contribution in [0.25, 0.3) is 10.9 Å². The lowest BCUT2D eigenvalue weighted by Crippen LogP contribution is -2.48. The van der Waals surface area contributed by atoms with E-state index in [-0.39, 0.29) is 28.8 Å². The van der Waals surface area contributed by atoms with Gasteiger partial charge >= 0.3 is 6.01 Å². The number of alkyl halides is 1. The Morgan fingerprint density at radius 1 is 1.24 bits per heavy atom. The maximum Gasteiger partial charge on any atom is 0.319 e. The number of hydrogen-bond donors (Lipinski definition) is 1. The van der Waals surface area contributed by atoms with Crippen molar-refractivity contribution in [1.29, 1.82) is 0 Å². The number of aliphatic hydroxyl groups is 1. The van der Waals surface area contributed by atoms with E-state index in [0.29, 0.717) is 50.3 Å². The average Bonchev–Trinajstić information content (AvgIpc) is 3.46. The van der Waals surface area contributed by atoms with E-state index in [4.69, 9.17) is 21.1 Å². The van der Waals surface area contributed by atoms with Crippen LogP contribution in [0.15, 0.2) is 6.20 Å². The summed E-state index contributed by atoms with van der Waals surface area (Å²) in [5.74, 6) is -0.222. The fraction of sp³-hybridized carbons (Fsp3) is 0.696. The van der Waals surface area contributed by atoms with Gasteiger partial charge in [-0.3, -0.25) is 4.90 Å². The van der Waals surface area contributed by atoms with Crippen LogP contribution < -0.4 is 9.64 Å². The van der Waals surface area contributed by atoms with E-state index in [1.165, 1.54) is 6.20 Å². The number of pyridine rings is 1. The van der Waals surface area contributed by atoms with E-state index in [9.17, 15) is 9.50 Å². The lowest BCUT2D eigenvalue weighted by Gasteiger charge is -2.40. The molecule has 1 N–H and O–H groups in total. The van der Waals surface area contributed by atoms with Crippen molar-refractivity contribution in [1.82, 2.24) is 19.9 Å². The van der Waals surface area contributed by atoms with Crippen molar-refractivity contribution in [3.8, 4) is 6.01 Å².